The molecule has 22 heavy (non-hydrogen) atoms. The van der Waals surface area contributed by atoms with E-state index in [1.54, 1.807) is 0 Å². The number of halogens is 1. The summed E-state index contributed by atoms with van der Waals surface area (Å²) in [5, 5.41) is 29.5. The maximum absolute atomic E-state index is 13.1. The van der Waals surface area contributed by atoms with E-state index in [1.165, 1.54) is 12.1 Å². The lowest BCUT2D eigenvalue weighted by atomic mass is 10.1. The van der Waals surface area contributed by atoms with Crippen molar-refractivity contribution in [2.24, 2.45) is 0 Å². The van der Waals surface area contributed by atoms with E-state index in [2.05, 4.69) is 0 Å². The number of ketones is 1. The number of ether oxygens (including phenoxy) is 1. The molecule has 0 fully saturated rings. The van der Waals surface area contributed by atoms with Crippen LogP contribution >= 0.6 is 0 Å². The Morgan fingerprint density at radius 1 is 1.23 bits per heavy atom. The lowest BCUT2D eigenvalue weighted by molar-refractivity contribution is -0.385. The highest BCUT2D eigenvalue weighted by molar-refractivity contribution is 5.99. The maximum atomic E-state index is 13.1. The molecule has 0 amide bonds. The second kappa shape index (κ2) is 6.08. The van der Waals surface area contributed by atoms with Crippen molar-refractivity contribution in [3.8, 4) is 17.2 Å². The standard InChI is InChI=1S/C14H10FNO6/c15-8-1-4-11(16(20)21)14(5-8)22-7-13(19)10-3-2-9(17)6-12(10)18/h1-6,17-18H,7H2. The summed E-state index contributed by atoms with van der Waals surface area (Å²) in [6, 6.07) is 5.96. The first kappa shape index (κ1) is 15.2. The molecular formula is C14H10FNO6. The molecule has 8 heteroatoms. The molecule has 2 N–H and O–H groups in total. The fourth-order valence-electron chi connectivity index (χ4n) is 1.73. The number of carbonyl (C=O) groups is 1. The van der Waals surface area contributed by atoms with E-state index in [-0.39, 0.29) is 11.3 Å². The quantitative estimate of drug-likeness (QED) is 0.498. The topological polar surface area (TPSA) is 110 Å². The summed E-state index contributed by atoms with van der Waals surface area (Å²) in [4.78, 5) is 21.9. The van der Waals surface area contributed by atoms with Crippen LogP contribution in [0, 0.1) is 15.9 Å². The molecule has 0 aliphatic heterocycles. The number of carbonyl (C=O) groups excluding carboxylic acids is 1. The average Bonchev–Trinajstić information content (AvgIpc) is 2.44. The Labute approximate surface area is 123 Å². The summed E-state index contributed by atoms with van der Waals surface area (Å²) in [5.74, 6) is -2.51. The number of nitro groups is 1. The van der Waals surface area contributed by atoms with Crippen molar-refractivity contribution in [1.29, 1.82) is 0 Å². The first-order valence-electron chi connectivity index (χ1n) is 6.00. The second-order valence-electron chi connectivity index (χ2n) is 4.28. The van der Waals surface area contributed by atoms with Gasteiger partial charge in [0.25, 0.3) is 0 Å². The number of aromatic hydroxyl groups is 2. The number of Topliss-reactive ketones (excluding diaryl/α,β-unsaturated/α-hetero) is 1. The summed E-state index contributed by atoms with van der Waals surface area (Å²) in [7, 11) is 0. The third kappa shape index (κ3) is 3.29. The third-order valence-corrected chi connectivity index (χ3v) is 2.76. The van der Waals surface area contributed by atoms with Crippen molar-refractivity contribution < 1.29 is 29.1 Å². The number of hydrogen-bond acceptors (Lipinski definition) is 6. The molecule has 0 aliphatic rings. The van der Waals surface area contributed by atoms with Gasteiger partial charge in [-0.2, -0.15) is 0 Å². The van der Waals surface area contributed by atoms with Gasteiger partial charge >= 0.3 is 5.69 Å². The summed E-state index contributed by atoms with van der Waals surface area (Å²) in [6.45, 7) is -0.636. The van der Waals surface area contributed by atoms with Gasteiger partial charge < -0.3 is 14.9 Å². The first-order valence-corrected chi connectivity index (χ1v) is 6.00. The molecule has 0 bridgehead atoms. The van der Waals surface area contributed by atoms with Crippen LogP contribution in [-0.2, 0) is 0 Å². The zero-order valence-corrected chi connectivity index (χ0v) is 11.0. The van der Waals surface area contributed by atoms with Crippen LogP contribution in [0.2, 0.25) is 0 Å². The Kier molecular flexibility index (Phi) is 4.21. The predicted octanol–water partition coefficient (Wildman–Crippen LogP) is 2.41. The number of nitrogens with zero attached hydrogens (tertiary/aromatic N) is 1. The highest BCUT2D eigenvalue weighted by Crippen LogP contribution is 2.28. The van der Waals surface area contributed by atoms with Crippen molar-refractivity contribution in [3.05, 3.63) is 57.9 Å². The van der Waals surface area contributed by atoms with Crippen LogP contribution < -0.4 is 4.74 Å². The molecule has 0 aromatic heterocycles. The molecule has 0 saturated heterocycles. The smallest absolute Gasteiger partial charge is 0.311 e. The normalized spacial score (nSPS) is 10.2. The fourth-order valence-corrected chi connectivity index (χ4v) is 1.73. The van der Waals surface area contributed by atoms with Crippen LogP contribution in [0.15, 0.2) is 36.4 Å². The summed E-state index contributed by atoms with van der Waals surface area (Å²) >= 11 is 0. The van der Waals surface area contributed by atoms with Gasteiger partial charge in [-0.1, -0.05) is 0 Å². The van der Waals surface area contributed by atoms with E-state index in [9.17, 15) is 24.4 Å². The predicted molar refractivity (Wildman–Crippen MR) is 72.7 cm³/mol. The van der Waals surface area contributed by atoms with E-state index in [1.807, 2.05) is 0 Å². The minimum absolute atomic E-state index is 0.128. The minimum atomic E-state index is -0.767. The Morgan fingerprint density at radius 2 is 1.95 bits per heavy atom. The molecule has 0 aliphatic carbocycles. The zero-order chi connectivity index (χ0) is 16.3. The molecule has 2 rings (SSSR count). The molecule has 0 heterocycles. The maximum Gasteiger partial charge on any atom is 0.311 e. The Morgan fingerprint density at radius 3 is 2.59 bits per heavy atom. The van der Waals surface area contributed by atoms with Crippen LogP contribution in [0.3, 0.4) is 0 Å². The summed E-state index contributed by atoms with van der Waals surface area (Å²) < 4.78 is 18.1. The van der Waals surface area contributed by atoms with Crippen molar-refractivity contribution in [2.75, 3.05) is 6.61 Å². The number of hydrogen-bond donors (Lipinski definition) is 2. The largest absolute Gasteiger partial charge is 0.508 e. The zero-order valence-electron chi connectivity index (χ0n) is 11.0. The van der Waals surface area contributed by atoms with Gasteiger partial charge in [0.15, 0.2) is 12.4 Å². The number of nitro benzene ring substituents is 1. The highest BCUT2D eigenvalue weighted by Gasteiger charge is 2.18. The van der Waals surface area contributed by atoms with E-state index in [0.717, 1.165) is 24.3 Å². The van der Waals surface area contributed by atoms with Gasteiger partial charge in [-0.25, -0.2) is 4.39 Å². The number of phenols is 2. The molecule has 114 valence electrons. The van der Waals surface area contributed by atoms with Crippen LogP contribution in [0.25, 0.3) is 0 Å². The van der Waals surface area contributed by atoms with E-state index >= 15 is 0 Å². The van der Waals surface area contributed by atoms with E-state index in [0.29, 0.717) is 0 Å². The molecule has 7 nitrogen and oxygen atoms in total. The van der Waals surface area contributed by atoms with Gasteiger partial charge in [-0.15, -0.1) is 0 Å². The molecule has 0 unspecified atom stereocenters. The van der Waals surface area contributed by atoms with E-state index in [4.69, 9.17) is 9.84 Å². The van der Waals surface area contributed by atoms with Crippen LogP contribution in [0.1, 0.15) is 10.4 Å². The molecule has 0 saturated carbocycles. The SMILES string of the molecule is O=C(COc1cc(F)ccc1[N+](=O)[O-])c1ccc(O)cc1O. The fraction of sp³-hybridized carbons (Fsp3) is 0.0714. The van der Waals surface area contributed by atoms with Crippen LogP contribution in [0.5, 0.6) is 17.2 Å². The average molecular weight is 307 g/mol. The summed E-state index contributed by atoms with van der Waals surface area (Å²) in [5.41, 5.74) is -0.610. The van der Waals surface area contributed by atoms with Crippen LogP contribution in [0.4, 0.5) is 10.1 Å². The van der Waals surface area contributed by atoms with Crippen LogP contribution in [-0.4, -0.2) is 27.5 Å². The highest BCUT2D eigenvalue weighted by atomic mass is 19.1. The molecular weight excluding hydrogens is 297 g/mol. The van der Waals surface area contributed by atoms with Crippen molar-refractivity contribution in [1.82, 2.24) is 0 Å². The first-order chi connectivity index (χ1) is 10.4. The molecule has 2 aromatic rings. The summed E-state index contributed by atoms with van der Waals surface area (Å²) in [6.07, 6.45) is 0. The molecule has 0 spiro atoms. The number of phenolic OH excluding ortho intramolecular Hbond substituents is 2. The lowest BCUT2D eigenvalue weighted by Gasteiger charge is -2.07. The van der Waals surface area contributed by atoms with Crippen molar-refractivity contribution >= 4 is 11.5 Å². The van der Waals surface area contributed by atoms with E-state index < -0.39 is 40.3 Å². The Balaban J connectivity index is 2.18. The van der Waals surface area contributed by atoms with Gasteiger partial charge in [0.1, 0.15) is 17.3 Å². The van der Waals surface area contributed by atoms with Crippen molar-refractivity contribution in [2.45, 2.75) is 0 Å². The number of benzene rings is 2. The van der Waals surface area contributed by atoms with Crippen molar-refractivity contribution in [3.63, 3.8) is 0 Å². The monoisotopic (exact) mass is 307 g/mol. The Hall–Kier alpha value is -3.16. The van der Waals surface area contributed by atoms with Gasteiger partial charge in [0.2, 0.25) is 5.78 Å². The van der Waals surface area contributed by atoms with Gasteiger partial charge in [0, 0.05) is 18.2 Å². The lowest BCUT2D eigenvalue weighted by Crippen LogP contribution is -2.12. The van der Waals surface area contributed by atoms with Gasteiger partial charge in [-0.05, 0) is 18.2 Å². The molecule has 2 aromatic carbocycles. The number of rotatable bonds is 5. The van der Waals surface area contributed by atoms with Gasteiger partial charge in [-0.3, -0.25) is 14.9 Å². The molecule has 0 radical (unpaired) electrons. The minimum Gasteiger partial charge on any atom is -0.508 e. The molecule has 0 atom stereocenters. The van der Waals surface area contributed by atoms with Gasteiger partial charge in [0.05, 0.1) is 10.5 Å². The second-order valence-corrected chi connectivity index (χ2v) is 4.28. The third-order valence-electron chi connectivity index (χ3n) is 2.76. The Bertz CT molecular complexity index is 746.